The molecule has 0 radical (unpaired) electrons. The van der Waals surface area contributed by atoms with E-state index in [2.05, 4.69) is 0 Å². The molecule has 1 aromatic carbocycles. The number of nitrogens with one attached hydrogen (secondary N) is 1. The first-order valence-electron chi connectivity index (χ1n) is 4.67. The Labute approximate surface area is 95.2 Å². The number of hydrogen-bond acceptors (Lipinski definition) is 3. The monoisotopic (exact) mass is 248 g/mol. The fraction of sp³-hybridized carbons (Fsp3) is 0.300. The summed E-state index contributed by atoms with van der Waals surface area (Å²) in [5.74, 6) is -5.06. The summed E-state index contributed by atoms with van der Waals surface area (Å²) in [6.07, 6.45) is 0. The first-order chi connectivity index (χ1) is 7.85. The predicted molar refractivity (Wildman–Crippen MR) is 55.2 cm³/mol. The lowest BCUT2D eigenvalue weighted by Crippen LogP contribution is -2.39. The lowest BCUT2D eigenvalue weighted by molar-refractivity contribution is -0.0462. The Hall–Kier alpha value is -1.76. The zero-order valence-electron chi connectivity index (χ0n) is 8.71. The molecule has 1 amide bonds. The van der Waals surface area contributed by atoms with Crippen LogP contribution in [0.25, 0.3) is 0 Å². The van der Waals surface area contributed by atoms with Crippen molar-refractivity contribution in [2.45, 2.75) is 5.92 Å². The summed E-state index contributed by atoms with van der Waals surface area (Å²) in [6, 6.07) is 3.22. The molecule has 94 valence electrons. The van der Waals surface area contributed by atoms with Crippen LogP contribution in [0.4, 0.5) is 18.9 Å². The zero-order valence-corrected chi connectivity index (χ0v) is 8.71. The Morgan fingerprint density at radius 3 is 2.65 bits per heavy atom. The molecule has 0 spiro atoms. The summed E-state index contributed by atoms with van der Waals surface area (Å²) >= 11 is 0. The van der Waals surface area contributed by atoms with Crippen LogP contribution in [0.15, 0.2) is 18.2 Å². The maximum atomic E-state index is 13.0. The first-order valence-corrected chi connectivity index (χ1v) is 4.67. The van der Waals surface area contributed by atoms with Gasteiger partial charge in [0.05, 0.1) is 12.2 Å². The number of anilines is 1. The van der Waals surface area contributed by atoms with Crippen molar-refractivity contribution in [1.82, 2.24) is 5.32 Å². The summed E-state index contributed by atoms with van der Waals surface area (Å²) < 4.78 is 38.2. The van der Waals surface area contributed by atoms with Crippen molar-refractivity contribution in [3.8, 4) is 0 Å². The third-order valence-electron chi connectivity index (χ3n) is 2.00. The average molecular weight is 248 g/mol. The van der Waals surface area contributed by atoms with Gasteiger partial charge >= 0.3 is 0 Å². The number of halogens is 3. The highest BCUT2D eigenvalue weighted by Crippen LogP contribution is 2.13. The van der Waals surface area contributed by atoms with Gasteiger partial charge < -0.3 is 16.2 Å². The number of aliphatic hydroxyl groups is 1. The van der Waals surface area contributed by atoms with Gasteiger partial charge in [-0.25, -0.2) is 13.2 Å². The molecule has 1 rings (SSSR count). The van der Waals surface area contributed by atoms with Gasteiger partial charge in [0, 0.05) is 5.56 Å². The number of carbonyl (C=O) groups is 1. The molecule has 0 heterocycles. The van der Waals surface area contributed by atoms with E-state index >= 15 is 0 Å². The number of aliphatic hydroxyl groups excluding tert-OH is 1. The molecule has 0 aromatic heterocycles. The van der Waals surface area contributed by atoms with Crippen molar-refractivity contribution < 1.29 is 23.1 Å². The van der Waals surface area contributed by atoms with E-state index in [1.165, 1.54) is 6.07 Å². The zero-order chi connectivity index (χ0) is 13.1. The van der Waals surface area contributed by atoms with Crippen molar-refractivity contribution in [3.63, 3.8) is 0 Å². The number of amides is 1. The molecule has 4 N–H and O–H groups in total. The van der Waals surface area contributed by atoms with E-state index < -0.39 is 30.8 Å². The van der Waals surface area contributed by atoms with Gasteiger partial charge in [0.1, 0.15) is 12.4 Å². The van der Waals surface area contributed by atoms with E-state index in [1.807, 2.05) is 5.32 Å². The van der Waals surface area contributed by atoms with Gasteiger partial charge in [0.15, 0.2) is 0 Å². The van der Waals surface area contributed by atoms with Crippen LogP contribution in [0.2, 0.25) is 0 Å². The second-order valence-corrected chi connectivity index (χ2v) is 3.43. The van der Waals surface area contributed by atoms with E-state index in [4.69, 9.17) is 10.8 Å². The van der Waals surface area contributed by atoms with Crippen LogP contribution in [0, 0.1) is 5.82 Å². The van der Waals surface area contributed by atoms with Crippen molar-refractivity contribution in [2.24, 2.45) is 0 Å². The maximum Gasteiger partial charge on any atom is 0.287 e. The van der Waals surface area contributed by atoms with Gasteiger partial charge in [-0.15, -0.1) is 0 Å². The van der Waals surface area contributed by atoms with Gasteiger partial charge in [-0.3, -0.25) is 4.79 Å². The summed E-state index contributed by atoms with van der Waals surface area (Å²) in [5.41, 5.74) is 4.94. The van der Waals surface area contributed by atoms with E-state index in [-0.39, 0.29) is 11.3 Å². The highest BCUT2D eigenvalue weighted by atomic mass is 19.3. The van der Waals surface area contributed by atoms with Gasteiger partial charge in [-0.05, 0) is 18.2 Å². The smallest absolute Gasteiger partial charge is 0.287 e. The molecule has 7 heteroatoms. The third-order valence-corrected chi connectivity index (χ3v) is 2.00. The molecule has 17 heavy (non-hydrogen) atoms. The summed E-state index contributed by atoms with van der Waals surface area (Å²) in [5, 5.41) is 10.2. The first kappa shape index (κ1) is 13.3. The topological polar surface area (TPSA) is 75.4 Å². The van der Waals surface area contributed by atoms with Gasteiger partial charge in [-0.1, -0.05) is 0 Å². The van der Waals surface area contributed by atoms with Crippen LogP contribution < -0.4 is 11.1 Å². The normalized spacial score (nSPS) is 11.3. The van der Waals surface area contributed by atoms with E-state index in [0.717, 1.165) is 12.1 Å². The molecule has 0 aliphatic heterocycles. The minimum atomic E-state index is -3.40. The Balaban J connectivity index is 2.68. The van der Waals surface area contributed by atoms with Gasteiger partial charge in [0.25, 0.3) is 11.8 Å². The third kappa shape index (κ3) is 3.63. The molecule has 0 atom stereocenters. The second kappa shape index (κ2) is 5.05. The quantitative estimate of drug-likeness (QED) is 0.689. The van der Waals surface area contributed by atoms with Gasteiger partial charge in [-0.2, -0.15) is 0 Å². The second-order valence-electron chi connectivity index (χ2n) is 3.43. The van der Waals surface area contributed by atoms with Crippen molar-refractivity contribution in [2.75, 3.05) is 18.9 Å². The molecule has 0 unspecified atom stereocenters. The number of rotatable bonds is 4. The van der Waals surface area contributed by atoms with E-state index in [1.54, 1.807) is 0 Å². The Kier molecular flexibility index (Phi) is 3.95. The number of nitrogens with two attached hydrogens (primary N) is 1. The molecule has 0 bridgehead atoms. The summed E-state index contributed by atoms with van der Waals surface area (Å²) in [4.78, 5) is 11.3. The fourth-order valence-corrected chi connectivity index (χ4v) is 1.04. The van der Waals surface area contributed by atoms with Crippen LogP contribution in [0.5, 0.6) is 0 Å². The minimum Gasteiger partial charge on any atom is -0.396 e. The van der Waals surface area contributed by atoms with Crippen molar-refractivity contribution in [1.29, 1.82) is 0 Å². The number of nitrogen functional groups attached to an aromatic ring is 1. The minimum absolute atomic E-state index is 0.120. The standard InChI is InChI=1S/C10H11F3N2O2/c11-7-3-6(1-2-8(7)14)9(17)15-4-10(12,13)5-16/h1-3,16H,4-5,14H2,(H,15,17). The molecule has 0 aliphatic carbocycles. The van der Waals surface area contributed by atoms with Crippen LogP contribution in [-0.2, 0) is 0 Å². The number of alkyl halides is 2. The SMILES string of the molecule is Nc1ccc(C(=O)NCC(F)(F)CO)cc1F. The molecule has 1 aromatic rings. The largest absolute Gasteiger partial charge is 0.396 e. The molecule has 0 saturated carbocycles. The number of benzene rings is 1. The Morgan fingerprint density at radius 1 is 1.47 bits per heavy atom. The van der Waals surface area contributed by atoms with Crippen molar-refractivity contribution in [3.05, 3.63) is 29.6 Å². The van der Waals surface area contributed by atoms with Crippen LogP contribution in [-0.4, -0.2) is 30.1 Å². The van der Waals surface area contributed by atoms with Crippen molar-refractivity contribution >= 4 is 11.6 Å². The fourth-order valence-electron chi connectivity index (χ4n) is 1.04. The molecular formula is C10H11F3N2O2. The average Bonchev–Trinajstić information content (AvgIpc) is 2.30. The predicted octanol–water partition coefficient (Wildman–Crippen LogP) is 0.765. The molecular weight excluding hydrogens is 237 g/mol. The van der Waals surface area contributed by atoms with Crippen LogP contribution >= 0.6 is 0 Å². The molecule has 0 aliphatic rings. The van der Waals surface area contributed by atoms with Gasteiger partial charge in [0.2, 0.25) is 0 Å². The van der Waals surface area contributed by atoms with Crippen LogP contribution in [0.1, 0.15) is 10.4 Å². The lowest BCUT2D eigenvalue weighted by Gasteiger charge is -2.13. The van der Waals surface area contributed by atoms with Crippen LogP contribution in [0.3, 0.4) is 0 Å². The summed E-state index contributed by atoms with van der Waals surface area (Å²) in [6.45, 7) is -2.39. The Morgan fingerprint density at radius 2 is 2.12 bits per heavy atom. The highest BCUT2D eigenvalue weighted by molar-refractivity contribution is 5.94. The Bertz CT molecular complexity index is 424. The number of carbonyl (C=O) groups excluding carboxylic acids is 1. The van der Waals surface area contributed by atoms with E-state index in [9.17, 15) is 18.0 Å². The van der Waals surface area contributed by atoms with E-state index in [0.29, 0.717) is 0 Å². The number of hydrogen-bond donors (Lipinski definition) is 3. The maximum absolute atomic E-state index is 13.0. The lowest BCUT2D eigenvalue weighted by atomic mass is 10.2. The molecule has 4 nitrogen and oxygen atoms in total. The summed E-state index contributed by atoms with van der Waals surface area (Å²) in [7, 11) is 0. The molecule has 0 fully saturated rings. The highest BCUT2D eigenvalue weighted by Gasteiger charge is 2.28. The molecule has 0 saturated heterocycles.